The number of aromatic nitrogens is 2. The van der Waals surface area contributed by atoms with Crippen LogP contribution in [0.2, 0.25) is 0 Å². The highest BCUT2D eigenvalue weighted by Gasteiger charge is 2.20. The third kappa shape index (κ3) is 3.03. The summed E-state index contributed by atoms with van der Waals surface area (Å²) in [6, 6.07) is 5.28. The van der Waals surface area contributed by atoms with Crippen LogP contribution in [0.5, 0.6) is 0 Å². The van der Waals surface area contributed by atoms with Crippen LogP contribution < -0.4 is 16.3 Å². The Morgan fingerprint density at radius 1 is 1.26 bits per heavy atom. The van der Waals surface area contributed by atoms with Crippen molar-refractivity contribution in [2.24, 2.45) is 5.92 Å². The maximum absolute atomic E-state index is 11.7. The second kappa shape index (κ2) is 4.89. The van der Waals surface area contributed by atoms with E-state index in [9.17, 15) is 9.59 Å². The standard InChI is InChI=1S/C13H16N4O2/c18-12(7-14-6-8-1-2-8)15-9-3-4-10-11(5-9)17-13(19)16-10/h3-5,8,14H,1-2,6-7H2,(H,15,18)(H2,16,17,19). The molecular weight excluding hydrogens is 244 g/mol. The average molecular weight is 260 g/mol. The molecule has 0 aliphatic heterocycles. The van der Waals surface area contributed by atoms with Gasteiger partial charge in [0.1, 0.15) is 0 Å². The molecule has 1 aromatic carbocycles. The molecule has 100 valence electrons. The summed E-state index contributed by atoms with van der Waals surface area (Å²) in [4.78, 5) is 28.1. The van der Waals surface area contributed by atoms with Crippen LogP contribution in [0.15, 0.2) is 23.0 Å². The number of benzene rings is 1. The molecule has 1 heterocycles. The van der Waals surface area contributed by atoms with Crippen molar-refractivity contribution < 1.29 is 4.79 Å². The lowest BCUT2D eigenvalue weighted by Crippen LogP contribution is -2.29. The zero-order valence-electron chi connectivity index (χ0n) is 10.5. The number of nitrogens with one attached hydrogen (secondary N) is 4. The van der Waals surface area contributed by atoms with E-state index >= 15 is 0 Å². The number of anilines is 1. The normalized spacial score (nSPS) is 14.7. The van der Waals surface area contributed by atoms with E-state index in [1.165, 1.54) is 12.8 Å². The first kappa shape index (κ1) is 12.0. The van der Waals surface area contributed by atoms with Crippen molar-refractivity contribution in [1.82, 2.24) is 15.3 Å². The molecule has 4 N–H and O–H groups in total. The first-order valence-corrected chi connectivity index (χ1v) is 6.43. The van der Waals surface area contributed by atoms with Gasteiger partial charge in [0.25, 0.3) is 0 Å². The highest BCUT2D eigenvalue weighted by atomic mass is 16.2. The summed E-state index contributed by atoms with van der Waals surface area (Å²) in [5.74, 6) is 0.687. The third-order valence-electron chi connectivity index (χ3n) is 3.22. The summed E-state index contributed by atoms with van der Waals surface area (Å²) >= 11 is 0. The monoisotopic (exact) mass is 260 g/mol. The van der Waals surface area contributed by atoms with Gasteiger partial charge in [0.15, 0.2) is 0 Å². The maximum Gasteiger partial charge on any atom is 0.323 e. The molecule has 6 heteroatoms. The number of amides is 1. The van der Waals surface area contributed by atoms with Gasteiger partial charge >= 0.3 is 5.69 Å². The first-order valence-electron chi connectivity index (χ1n) is 6.43. The minimum absolute atomic E-state index is 0.0714. The molecule has 6 nitrogen and oxygen atoms in total. The minimum atomic E-state index is -0.246. The van der Waals surface area contributed by atoms with Crippen molar-refractivity contribution in [3.05, 3.63) is 28.7 Å². The van der Waals surface area contributed by atoms with Gasteiger partial charge in [-0.25, -0.2) is 4.79 Å². The van der Waals surface area contributed by atoms with Gasteiger partial charge in [-0.1, -0.05) is 0 Å². The lowest BCUT2D eigenvalue weighted by molar-refractivity contribution is -0.115. The van der Waals surface area contributed by atoms with Crippen LogP contribution in [-0.4, -0.2) is 29.0 Å². The highest BCUT2D eigenvalue weighted by molar-refractivity contribution is 5.94. The molecule has 0 spiro atoms. The van der Waals surface area contributed by atoms with Crippen LogP contribution in [0.25, 0.3) is 11.0 Å². The zero-order valence-corrected chi connectivity index (χ0v) is 10.5. The number of imidazole rings is 1. The van der Waals surface area contributed by atoms with Crippen LogP contribution in [-0.2, 0) is 4.79 Å². The van der Waals surface area contributed by atoms with E-state index in [1.54, 1.807) is 18.2 Å². The number of H-pyrrole nitrogens is 2. The van der Waals surface area contributed by atoms with Crippen LogP contribution >= 0.6 is 0 Å². The predicted molar refractivity (Wildman–Crippen MR) is 73.1 cm³/mol. The van der Waals surface area contributed by atoms with Crippen molar-refractivity contribution in [1.29, 1.82) is 0 Å². The Morgan fingerprint density at radius 3 is 2.84 bits per heavy atom. The second-order valence-electron chi connectivity index (χ2n) is 4.96. The molecule has 1 saturated carbocycles. The van der Waals surface area contributed by atoms with Gasteiger partial charge in [0.2, 0.25) is 5.91 Å². The van der Waals surface area contributed by atoms with Crippen molar-refractivity contribution in [2.45, 2.75) is 12.8 Å². The number of hydrogen-bond donors (Lipinski definition) is 4. The second-order valence-corrected chi connectivity index (χ2v) is 4.96. The van der Waals surface area contributed by atoms with Crippen LogP contribution in [0.4, 0.5) is 5.69 Å². The summed E-state index contributed by atoms with van der Waals surface area (Å²) < 4.78 is 0. The Bertz CT molecular complexity index is 654. The fourth-order valence-electron chi connectivity index (χ4n) is 2.03. The lowest BCUT2D eigenvalue weighted by atomic mass is 10.2. The maximum atomic E-state index is 11.7. The van der Waals surface area contributed by atoms with E-state index in [0.29, 0.717) is 17.7 Å². The van der Waals surface area contributed by atoms with Crippen molar-refractivity contribution >= 4 is 22.6 Å². The molecule has 0 atom stereocenters. The predicted octanol–water partition coefficient (Wildman–Crippen LogP) is 0.794. The Hall–Kier alpha value is -2.08. The number of rotatable bonds is 5. The number of aromatic amines is 2. The number of carbonyl (C=O) groups excluding carboxylic acids is 1. The molecule has 1 amide bonds. The number of carbonyl (C=O) groups is 1. The van der Waals surface area contributed by atoms with Gasteiger partial charge in [0.05, 0.1) is 17.6 Å². The third-order valence-corrected chi connectivity index (χ3v) is 3.22. The number of hydrogen-bond acceptors (Lipinski definition) is 3. The smallest absolute Gasteiger partial charge is 0.323 e. The van der Waals surface area contributed by atoms with E-state index in [-0.39, 0.29) is 11.6 Å². The Morgan fingerprint density at radius 2 is 2.05 bits per heavy atom. The van der Waals surface area contributed by atoms with Gasteiger partial charge in [-0.05, 0) is 43.5 Å². The van der Waals surface area contributed by atoms with E-state index < -0.39 is 0 Å². The number of fused-ring (bicyclic) bond motifs is 1. The minimum Gasteiger partial charge on any atom is -0.325 e. The van der Waals surface area contributed by atoms with Gasteiger partial charge in [-0.2, -0.15) is 0 Å². The van der Waals surface area contributed by atoms with E-state index in [2.05, 4.69) is 20.6 Å². The van der Waals surface area contributed by atoms with Crippen molar-refractivity contribution in [2.75, 3.05) is 18.4 Å². The highest BCUT2D eigenvalue weighted by Crippen LogP contribution is 2.27. The summed E-state index contributed by atoms with van der Waals surface area (Å²) in [6.07, 6.45) is 2.54. The molecular formula is C13H16N4O2. The summed E-state index contributed by atoms with van der Waals surface area (Å²) in [5, 5.41) is 5.93. The quantitative estimate of drug-likeness (QED) is 0.641. The van der Waals surface area contributed by atoms with Gasteiger partial charge in [-0.15, -0.1) is 0 Å². The SMILES string of the molecule is O=C(CNCC1CC1)Nc1ccc2[nH]c(=O)[nH]c2c1. The van der Waals surface area contributed by atoms with Gasteiger partial charge < -0.3 is 20.6 Å². The van der Waals surface area contributed by atoms with Crippen molar-refractivity contribution in [3.8, 4) is 0 Å². The fourth-order valence-corrected chi connectivity index (χ4v) is 2.03. The Kier molecular flexibility index (Phi) is 3.08. The lowest BCUT2D eigenvalue weighted by Gasteiger charge is -2.06. The van der Waals surface area contributed by atoms with Gasteiger partial charge in [-0.3, -0.25) is 4.79 Å². The van der Waals surface area contributed by atoms with E-state index in [4.69, 9.17) is 0 Å². The average Bonchev–Trinajstić information content (AvgIpc) is 3.09. The molecule has 19 heavy (non-hydrogen) atoms. The van der Waals surface area contributed by atoms with Gasteiger partial charge in [0, 0.05) is 5.69 Å². The Labute approximate surface area is 109 Å². The molecule has 1 aliphatic carbocycles. The van der Waals surface area contributed by atoms with Crippen LogP contribution in [0.1, 0.15) is 12.8 Å². The molecule has 0 saturated heterocycles. The van der Waals surface area contributed by atoms with E-state index in [1.807, 2.05) is 0 Å². The molecule has 1 fully saturated rings. The molecule has 2 aromatic rings. The molecule has 0 radical (unpaired) electrons. The molecule has 1 aromatic heterocycles. The summed E-state index contributed by atoms with van der Waals surface area (Å²) in [5.41, 5.74) is 1.86. The van der Waals surface area contributed by atoms with Crippen LogP contribution in [0.3, 0.4) is 0 Å². The molecule has 1 aliphatic rings. The first-order chi connectivity index (χ1) is 9.20. The molecule has 0 bridgehead atoms. The summed E-state index contributed by atoms with van der Waals surface area (Å²) in [6.45, 7) is 1.23. The fraction of sp³-hybridized carbons (Fsp3) is 0.385. The largest absolute Gasteiger partial charge is 0.325 e. The summed E-state index contributed by atoms with van der Waals surface area (Å²) in [7, 11) is 0. The topological polar surface area (TPSA) is 89.8 Å². The molecule has 3 rings (SSSR count). The molecule has 0 unspecified atom stereocenters. The van der Waals surface area contributed by atoms with Crippen LogP contribution in [0, 0.1) is 5.92 Å². The van der Waals surface area contributed by atoms with E-state index in [0.717, 1.165) is 18.0 Å². The zero-order chi connectivity index (χ0) is 13.2. The van der Waals surface area contributed by atoms with Crippen molar-refractivity contribution in [3.63, 3.8) is 0 Å². The Balaban J connectivity index is 1.59.